The van der Waals surface area contributed by atoms with Gasteiger partial charge in [-0.15, -0.1) is 0 Å². The number of rotatable bonds is 7. The van der Waals surface area contributed by atoms with Crippen molar-refractivity contribution in [2.75, 3.05) is 30.3 Å². The average Bonchev–Trinajstić information content (AvgIpc) is 3.35. The number of hydrogen-bond acceptors (Lipinski definition) is 8. The zero-order valence-electron chi connectivity index (χ0n) is 22.1. The summed E-state index contributed by atoms with van der Waals surface area (Å²) in [5.74, 6) is -2.50. The van der Waals surface area contributed by atoms with Gasteiger partial charge in [0.15, 0.2) is 0 Å². The molecule has 3 aromatic rings. The SMILES string of the molecule is Nc1nc(O[C@H](c2ccc(Cl)cc2-c2cccc(C(=O)O)c2)C(F)(F)F)cc(N2CCC3(CC2)CN[C@H](C(=O)O)C3)n1. The van der Waals surface area contributed by atoms with Crippen LogP contribution in [0.5, 0.6) is 5.88 Å². The fourth-order valence-electron chi connectivity index (χ4n) is 5.59. The zero-order valence-corrected chi connectivity index (χ0v) is 22.8. The van der Waals surface area contributed by atoms with E-state index < -0.39 is 36.1 Å². The van der Waals surface area contributed by atoms with Crippen LogP contribution in [0.4, 0.5) is 24.9 Å². The minimum Gasteiger partial charge on any atom is -0.480 e. The van der Waals surface area contributed by atoms with Crippen LogP contribution in [0.1, 0.15) is 41.3 Å². The van der Waals surface area contributed by atoms with E-state index in [-0.39, 0.29) is 38.6 Å². The van der Waals surface area contributed by atoms with E-state index in [1.807, 2.05) is 4.90 Å². The van der Waals surface area contributed by atoms with Gasteiger partial charge in [-0.2, -0.15) is 23.1 Å². The number of benzene rings is 2. The first-order valence-electron chi connectivity index (χ1n) is 13.1. The Balaban J connectivity index is 1.43. The molecule has 1 aromatic heterocycles. The number of anilines is 2. The molecule has 42 heavy (non-hydrogen) atoms. The highest BCUT2D eigenvalue weighted by Crippen LogP contribution is 2.43. The number of aliphatic carboxylic acids is 1. The maximum absolute atomic E-state index is 14.5. The van der Waals surface area contributed by atoms with E-state index in [0.29, 0.717) is 44.7 Å². The molecule has 0 aliphatic carbocycles. The van der Waals surface area contributed by atoms with Gasteiger partial charge in [0.05, 0.1) is 5.56 Å². The van der Waals surface area contributed by atoms with Crippen molar-refractivity contribution in [1.82, 2.24) is 15.3 Å². The lowest BCUT2D eigenvalue weighted by molar-refractivity contribution is -0.198. The van der Waals surface area contributed by atoms with Gasteiger partial charge in [0, 0.05) is 36.3 Å². The van der Waals surface area contributed by atoms with Gasteiger partial charge < -0.3 is 30.9 Å². The Morgan fingerprint density at radius 1 is 1.12 bits per heavy atom. The third kappa shape index (κ3) is 6.21. The predicted octanol–water partition coefficient (Wildman–Crippen LogP) is 4.79. The molecule has 0 radical (unpaired) electrons. The summed E-state index contributed by atoms with van der Waals surface area (Å²) in [5, 5.41) is 21.9. The topological polar surface area (TPSA) is 151 Å². The third-order valence-electron chi connectivity index (χ3n) is 7.77. The molecule has 14 heteroatoms. The summed E-state index contributed by atoms with van der Waals surface area (Å²) < 4.78 is 49.0. The van der Waals surface area contributed by atoms with Crippen molar-refractivity contribution in [3.05, 3.63) is 64.7 Å². The fraction of sp³-hybridized carbons (Fsp3) is 0.357. The first-order chi connectivity index (χ1) is 19.8. The number of carboxylic acid groups (broad SMARTS) is 2. The second-order valence-corrected chi connectivity index (χ2v) is 11.0. The number of aromatic carboxylic acids is 1. The Morgan fingerprint density at radius 2 is 1.86 bits per heavy atom. The summed E-state index contributed by atoms with van der Waals surface area (Å²) in [4.78, 5) is 32.8. The highest BCUT2D eigenvalue weighted by molar-refractivity contribution is 6.30. The molecule has 0 bridgehead atoms. The minimum absolute atomic E-state index is 0.0429. The average molecular weight is 606 g/mol. The molecule has 222 valence electrons. The molecule has 3 heterocycles. The number of nitrogens with two attached hydrogens (primary N) is 1. The predicted molar refractivity (Wildman–Crippen MR) is 148 cm³/mol. The Labute approximate surface area is 243 Å². The van der Waals surface area contributed by atoms with Crippen molar-refractivity contribution in [1.29, 1.82) is 0 Å². The molecule has 10 nitrogen and oxygen atoms in total. The number of nitrogen functional groups attached to an aromatic ring is 1. The number of hydrogen-bond donors (Lipinski definition) is 4. The molecule has 0 saturated carbocycles. The molecule has 2 aliphatic rings. The van der Waals surface area contributed by atoms with Crippen molar-refractivity contribution in [2.24, 2.45) is 5.41 Å². The summed E-state index contributed by atoms with van der Waals surface area (Å²) in [6, 6.07) is 9.97. The van der Waals surface area contributed by atoms with Crippen LogP contribution in [-0.2, 0) is 4.79 Å². The Morgan fingerprint density at radius 3 is 2.50 bits per heavy atom. The van der Waals surface area contributed by atoms with Gasteiger partial charge in [-0.1, -0.05) is 29.8 Å². The van der Waals surface area contributed by atoms with Crippen LogP contribution in [0.3, 0.4) is 0 Å². The summed E-state index contributed by atoms with van der Waals surface area (Å²) in [6.45, 7) is 1.56. The van der Waals surface area contributed by atoms with Gasteiger partial charge in [-0.3, -0.25) is 4.79 Å². The van der Waals surface area contributed by atoms with E-state index in [1.54, 1.807) is 0 Å². The van der Waals surface area contributed by atoms with Gasteiger partial charge in [-0.05, 0) is 60.1 Å². The number of carbonyl (C=O) groups is 2. The molecule has 5 N–H and O–H groups in total. The maximum atomic E-state index is 14.5. The number of carboxylic acids is 2. The second kappa shape index (κ2) is 11.3. The molecule has 2 saturated heterocycles. The first-order valence-corrected chi connectivity index (χ1v) is 13.4. The van der Waals surface area contributed by atoms with E-state index >= 15 is 0 Å². The summed E-state index contributed by atoms with van der Waals surface area (Å²) in [5.41, 5.74) is 5.56. The minimum atomic E-state index is -4.90. The van der Waals surface area contributed by atoms with Crippen LogP contribution in [0.25, 0.3) is 11.1 Å². The number of aromatic nitrogens is 2. The van der Waals surface area contributed by atoms with Crippen molar-refractivity contribution < 1.29 is 37.7 Å². The Kier molecular flexibility index (Phi) is 7.90. The number of alkyl halides is 3. The van der Waals surface area contributed by atoms with E-state index in [2.05, 4.69) is 15.3 Å². The molecule has 2 aliphatic heterocycles. The van der Waals surface area contributed by atoms with Gasteiger partial charge in [0.2, 0.25) is 17.9 Å². The van der Waals surface area contributed by atoms with Crippen LogP contribution in [0.15, 0.2) is 48.5 Å². The molecule has 2 fully saturated rings. The lowest BCUT2D eigenvalue weighted by Gasteiger charge is -2.39. The van der Waals surface area contributed by atoms with E-state index in [4.69, 9.17) is 22.1 Å². The molecule has 0 amide bonds. The highest BCUT2D eigenvalue weighted by atomic mass is 35.5. The fourth-order valence-corrected chi connectivity index (χ4v) is 5.76. The monoisotopic (exact) mass is 605 g/mol. The van der Waals surface area contributed by atoms with Gasteiger partial charge in [0.1, 0.15) is 11.9 Å². The number of piperidine rings is 1. The third-order valence-corrected chi connectivity index (χ3v) is 8.00. The first kappa shape index (κ1) is 29.4. The molecule has 1 spiro atoms. The van der Waals surface area contributed by atoms with Crippen LogP contribution in [0, 0.1) is 5.41 Å². The Bertz CT molecular complexity index is 1510. The normalized spacial score (nSPS) is 19.0. The number of nitrogens with zero attached hydrogens (tertiary/aromatic N) is 3. The quantitative estimate of drug-likeness (QED) is 0.296. The van der Waals surface area contributed by atoms with Gasteiger partial charge in [0.25, 0.3) is 0 Å². The van der Waals surface area contributed by atoms with E-state index in [0.717, 1.165) is 0 Å². The second-order valence-electron chi connectivity index (χ2n) is 10.5. The van der Waals surface area contributed by atoms with E-state index in [1.165, 1.54) is 48.5 Å². The highest BCUT2D eigenvalue weighted by Gasteiger charge is 2.46. The zero-order chi connectivity index (χ0) is 30.2. The molecule has 2 aromatic carbocycles. The van der Waals surface area contributed by atoms with Crippen LogP contribution in [-0.4, -0.2) is 64.0 Å². The number of nitrogens with one attached hydrogen (secondary N) is 1. The number of halogens is 4. The van der Waals surface area contributed by atoms with Gasteiger partial charge >= 0.3 is 18.1 Å². The van der Waals surface area contributed by atoms with Crippen LogP contribution < -0.4 is 20.7 Å². The lowest BCUT2D eigenvalue weighted by atomic mass is 9.76. The summed E-state index contributed by atoms with van der Waals surface area (Å²) in [6.07, 6.45) is -5.57. The molecule has 0 unspecified atom stereocenters. The van der Waals surface area contributed by atoms with Crippen molar-refractivity contribution >= 4 is 35.3 Å². The Hall–Kier alpha value is -4.10. The lowest BCUT2D eigenvalue weighted by Crippen LogP contribution is -2.41. The molecule has 2 atom stereocenters. The van der Waals surface area contributed by atoms with Crippen molar-refractivity contribution in [2.45, 2.75) is 37.6 Å². The van der Waals surface area contributed by atoms with Crippen molar-refractivity contribution in [3.63, 3.8) is 0 Å². The largest absolute Gasteiger partial charge is 0.480 e. The maximum Gasteiger partial charge on any atom is 0.429 e. The standard InChI is InChI=1S/C28H27ClF3N5O5/c29-17-4-5-18(19(11-17)15-2-1-3-16(10-15)24(38)39)23(28(30,31)32)42-22-12-21(35-26(33)36-22)37-8-6-27(7-9-37)13-20(25(40)41)34-14-27/h1-5,10-12,20,23,34H,6-9,13-14H2,(H,38,39)(H,40,41)(H2,33,35,36)/t20-,23+/m0/s1. The smallest absolute Gasteiger partial charge is 0.429 e. The van der Waals surface area contributed by atoms with E-state index in [9.17, 15) is 33.0 Å². The van der Waals surface area contributed by atoms with Crippen molar-refractivity contribution in [3.8, 4) is 17.0 Å². The summed E-state index contributed by atoms with van der Waals surface area (Å²) in [7, 11) is 0. The van der Waals surface area contributed by atoms with Crippen LogP contribution in [0.2, 0.25) is 5.02 Å². The molecular weight excluding hydrogens is 579 g/mol. The molecular formula is C28H27ClF3N5O5. The molecule has 5 rings (SSSR count). The number of ether oxygens (including phenoxy) is 1. The van der Waals surface area contributed by atoms with Gasteiger partial charge in [-0.25, -0.2) is 4.79 Å². The van der Waals surface area contributed by atoms with Crippen LogP contribution >= 0.6 is 11.6 Å². The summed E-state index contributed by atoms with van der Waals surface area (Å²) >= 11 is 6.13.